The van der Waals surface area contributed by atoms with Crippen molar-refractivity contribution in [2.45, 2.75) is 12.4 Å². The van der Waals surface area contributed by atoms with Crippen LogP contribution in [0.3, 0.4) is 0 Å². The summed E-state index contributed by atoms with van der Waals surface area (Å²) in [5.41, 5.74) is -1.47. The number of hydrogen-bond acceptors (Lipinski definition) is 4. The summed E-state index contributed by atoms with van der Waals surface area (Å²) in [5, 5.41) is 1.67. The molecule has 0 fully saturated rings. The lowest BCUT2D eigenvalue weighted by molar-refractivity contribution is -0.138. The predicted molar refractivity (Wildman–Crippen MR) is 154 cm³/mol. The van der Waals surface area contributed by atoms with E-state index in [9.17, 15) is 35.9 Å². The SMILES string of the molecule is COn1c(=O)c2cc(-c3ccc(C(F)(F)F)cc3)c3oc4ccccc4c4c(-c5ccc(C(F)(F)F)cc5)cc(c1=O)c2c34. The molecule has 0 unspecified atom stereocenters. The van der Waals surface area contributed by atoms with E-state index in [-0.39, 0.29) is 27.3 Å². The molecule has 5 nitrogen and oxygen atoms in total. The Bertz CT molecular complexity index is 2340. The first-order chi connectivity index (χ1) is 20.9. The molecule has 7 aromatic rings. The topological polar surface area (TPSA) is 61.4 Å². The first kappa shape index (κ1) is 27.5. The summed E-state index contributed by atoms with van der Waals surface area (Å²) in [6.07, 6.45) is -9.15. The van der Waals surface area contributed by atoms with Gasteiger partial charge in [0.1, 0.15) is 18.3 Å². The number of aromatic nitrogens is 1. The first-order valence-corrected chi connectivity index (χ1v) is 13.1. The van der Waals surface area contributed by atoms with Gasteiger partial charge < -0.3 is 9.25 Å². The average molecular weight is 605 g/mol. The highest BCUT2D eigenvalue weighted by Crippen LogP contribution is 2.46. The largest absolute Gasteiger partial charge is 0.455 e. The summed E-state index contributed by atoms with van der Waals surface area (Å²) >= 11 is 0. The maximum absolute atomic E-state index is 13.6. The van der Waals surface area contributed by atoms with Crippen LogP contribution in [0.2, 0.25) is 0 Å². The smallest absolute Gasteiger partial charge is 0.416 e. The fraction of sp³-hybridized carbons (Fsp3) is 0.0909. The Morgan fingerprint density at radius 1 is 0.614 bits per heavy atom. The van der Waals surface area contributed by atoms with Crippen LogP contribution in [0.15, 0.2) is 98.9 Å². The molecular formula is C33H17F6NO4. The Morgan fingerprint density at radius 2 is 1.11 bits per heavy atom. The number of alkyl halides is 6. The van der Waals surface area contributed by atoms with Crippen molar-refractivity contribution in [1.29, 1.82) is 0 Å². The third-order valence-electron chi connectivity index (χ3n) is 7.78. The molecule has 2 heterocycles. The minimum absolute atomic E-state index is 0.0401. The van der Waals surface area contributed by atoms with Crippen molar-refractivity contribution in [2.75, 3.05) is 7.11 Å². The van der Waals surface area contributed by atoms with E-state index in [0.717, 1.165) is 31.4 Å². The van der Waals surface area contributed by atoms with Gasteiger partial charge in [0.05, 0.1) is 21.9 Å². The second-order valence-corrected chi connectivity index (χ2v) is 10.2. The van der Waals surface area contributed by atoms with Crippen molar-refractivity contribution >= 4 is 43.5 Å². The molecule has 0 aliphatic rings. The number of para-hydroxylation sites is 1. The Balaban J connectivity index is 1.70. The van der Waals surface area contributed by atoms with Crippen molar-refractivity contribution in [1.82, 2.24) is 4.73 Å². The summed E-state index contributed by atoms with van der Waals surface area (Å²) in [6, 6.07) is 18.6. The van der Waals surface area contributed by atoms with Crippen LogP contribution in [0.1, 0.15) is 11.1 Å². The zero-order valence-electron chi connectivity index (χ0n) is 22.4. The summed E-state index contributed by atoms with van der Waals surface area (Å²) in [4.78, 5) is 32.2. The molecule has 0 aliphatic heterocycles. The third-order valence-corrected chi connectivity index (χ3v) is 7.78. The fourth-order valence-corrected chi connectivity index (χ4v) is 5.80. The molecule has 5 aromatic carbocycles. The number of halogens is 6. The second kappa shape index (κ2) is 9.34. The standard InChI is InChI=1S/C33H17F6NO4/c1-43-40-30(41)23-14-21(16-6-10-18(11-7-16)32(34,35)36)26-20-4-2-3-5-25(20)44-29-22(15-24(31(40)42)27(23)28(26)29)17-8-12-19(13-9-17)33(37,38)39/h2-15H,1H3. The van der Waals surface area contributed by atoms with Crippen LogP contribution in [0, 0.1) is 0 Å². The summed E-state index contributed by atoms with van der Waals surface area (Å²) in [5.74, 6) is 0. The molecule has 0 saturated carbocycles. The van der Waals surface area contributed by atoms with Gasteiger partial charge in [-0.05, 0) is 59.2 Å². The number of nitrogens with zero attached hydrogens (tertiary/aromatic N) is 1. The number of fused-ring (bicyclic) bond motifs is 2. The van der Waals surface area contributed by atoms with Crippen molar-refractivity contribution in [2.24, 2.45) is 0 Å². The van der Waals surface area contributed by atoms with Crippen molar-refractivity contribution in [3.8, 4) is 22.3 Å². The monoisotopic (exact) mass is 605 g/mol. The molecule has 0 amide bonds. The molecule has 0 atom stereocenters. The van der Waals surface area contributed by atoms with E-state index < -0.39 is 34.6 Å². The number of pyridine rings is 1. The average Bonchev–Trinajstić information content (AvgIpc) is 3.00. The Labute approximate surface area is 242 Å². The Morgan fingerprint density at radius 3 is 1.64 bits per heavy atom. The molecular weight excluding hydrogens is 588 g/mol. The molecule has 11 heteroatoms. The molecule has 2 aromatic heterocycles. The Hall–Kier alpha value is -5.32. The van der Waals surface area contributed by atoms with Crippen molar-refractivity contribution in [3.63, 3.8) is 0 Å². The van der Waals surface area contributed by atoms with Gasteiger partial charge in [0, 0.05) is 27.1 Å². The molecule has 0 radical (unpaired) electrons. The van der Waals surface area contributed by atoms with E-state index in [2.05, 4.69) is 0 Å². The Kier molecular flexibility index (Phi) is 5.84. The van der Waals surface area contributed by atoms with Crippen LogP contribution in [-0.4, -0.2) is 11.8 Å². The number of benzene rings is 5. The molecule has 0 saturated heterocycles. The zero-order valence-corrected chi connectivity index (χ0v) is 22.4. The van der Waals surface area contributed by atoms with Gasteiger partial charge in [0.25, 0.3) is 11.1 Å². The molecule has 7 rings (SSSR count). The molecule has 0 N–H and O–H groups in total. The maximum atomic E-state index is 13.6. The van der Waals surface area contributed by atoms with Gasteiger partial charge in [-0.15, -0.1) is 4.73 Å². The van der Waals surface area contributed by atoms with Crippen LogP contribution in [0.4, 0.5) is 26.3 Å². The third kappa shape index (κ3) is 4.03. The predicted octanol–water partition coefficient (Wildman–Crippen LogP) is 8.28. The summed E-state index contributed by atoms with van der Waals surface area (Å²) in [7, 11) is 1.14. The van der Waals surface area contributed by atoms with Gasteiger partial charge >= 0.3 is 12.4 Å². The van der Waals surface area contributed by atoms with Gasteiger partial charge in [0.15, 0.2) is 0 Å². The van der Waals surface area contributed by atoms with Gasteiger partial charge in [-0.3, -0.25) is 9.59 Å². The molecule has 0 spiro atoms. The van der Waals surface area contributed by atoms with Crippen molar-refractivity contribution in [3.05, 3.63) is 117 Å². The number of rotatable bonds is 3. The van der Waals surface area contributed by atoms with Gasteiger partial charge in [-0.25, -0.2) is 0 Å². The highest BCUT2D eigenvalue weighted by atomic mass is 19.4. The molecule has 220 valence electrons. The minimum Gasteiger partial charge on any atom is -0.455 e. The molecule has 44 heavy (non-hydrogen) atoms. The quantitative estimate of drug-likeness (QED) is 0.116. The van der Waals surface area contributed by atoms with Crippen molar-refractivity contribution < 1.29 is 35.6 Å². The highest BCUT2D eigenvalue weighted by molar-refractivity contribution is 6.32. The lowest BCUT2D eigenvalue weighted by atomic mass is 9.87. The molecule has 0 bridgehead atoms. The number of hydrogen-bond donors (Lipinski definition) is 0. The van der Waals surface area contributed by atoms with E-state index in [1.54, 1.807) is 24.3 Å². The zero-order chi connectivity index (χ0) is 31.1. The second-order valence-electron chi connectivity index (χ2n) is 10.2. The summed E-state index contributed by atoms with van der Waals surface area (Å²) in [6.45, 7) is 0. The van der Waals surface area contributed by atoms with Gasteiger partial charge in [-0.1, -0.05) is 42.5 Å². The van der Waals surface area contributed by atoms with E-state index in [4.69, 9.17) is 9.25 Å². The first-order valence-electron chi connectivity index (χ1n) is 13.1. The van der Waals surface area contributed by atoms with Gasteiger partial charge in [0.2, 0.25) is 0 Å². The van der Waals surface area contributed by atoms with E-state index >= 15 is 0 Å². The molecule has 0 aliphatic carbocycles. The lowest BCUT2D eigenvalue weighted by Gasteiger charge is -2.19. The van der Waals surface area contributed by atoms with Crippen LogP contribution >= 0.6 is 0 Å². The van der Waals surface area contributed by atoms with Crippen LogP contribution in [0.5, 0.6) is 0 Å². The normalized spacial score (nSPS) is 12.6. The minimum atomic E-state index is -4.58. The lowest BCUT2D eigenvalue weighted by Crippen LogP contribution is -2.37. The van der Waals surface area contributed by atoms with E-state index in [1.165, 1.54) is 36.4 Å². The van der Waals surface area contributed by atoms with Crippen LogP contribution in [0.25, 0.3) is 65.7 Å². The summed E-state index contributed by atoms with van der Waals surface area (Å²) < 4.78 is 87.2. The van der Waals surface area contributed by atoms with Crippen LogP contribution < -0.4 is 16.0 Å². The van der Waals surface area contributed by atoms with E-state index in [0.29, 0.717) is 43.2 Å². The highest BCUT2D eigenvalue weighted by Gasteiger charge is 2.32. The maximum Gasteiger partial charge on any atom is 0.416 e. The van der Waals surface area contributed by atoms with Crippen LogP contribution in [-0.2, 0) is 12.4 Å². The van der Waals surface area contributed by atoms with E-state index in [1.807, 2.05) is 0 Å². The van der Waals surface area contributed by atoms with Gasteiger partial charge in [-0.2, -0.15) is 26.3 Å². The fourth-order valence-electron chi connectivity index (χ4n) is 5.80.